The van der Waals surface area contributed by atoms with Crippen LogP contribution in [0.5, 0.6) is 0 Å². The van der Waals surface area contributed by atoms with Gasteiger partial charge in [0.1, 0.15) is 11.2 Å². The molecule has 156 valence electrons. The Balaban J connectivity index is 1.36. The minimum Gasteiger partial charge on any atom is -0.368 e. The van der Waals surface area contributed by atoms with E-state index in [0.29, 0.717) is 48.3 Å². The number of aromatic amines is 1. The molecule has 1 amide bonds. The Bertz CT molecular complexity index is 1370. The van der Waals surface area contributed by atoms with Crippen molar-refractivity contribution in [3.05, 3.63) is 80.8 Å². The molecule has 31 heavy (non-hydrogen) atoms. The Labute approximate surface area is 175 Å². The Morgan fingerprint density at radius 1 is 1.03 bits per heavy atom. The number of nitro groups is 1. The van der Waals surface area contributed by atoms with E-state index in [0.717, 1.165) is 5.69 Å². The molecule has 2 aromatic heterocycles. The highest BCUT2D eigenvalue weighted by atomic mass is 16.6. The second-order valence-electron chi connectivity index (χ2n) is 7.34. The van der Waals surface area contributed by atoms with Gasteiger partial charge in [-0.1, -0.05) is 12.1 Å². The zero-order chi connectivity index (χ0) is 21.5. The first-order valence-electron chi connectivity index (χ1n) is 9.80. The lowest BCUT2D eigenvalue weighted by Crippen LogP contribution is -2.48. The Morgan fingerprint density at radius 3 is 2.45 bits per heavy atom. The Hall–Kier alpha value is -4.21. The van der Waals surface area contributed by atoms with E-state index in [1.54, 1.807) is 39.7 Å². The number of non-ortho nitro benzene ring substituents is 1. The molecule has 5 rings (SSSR count). The van der Waals surface area contributed by atoms with Crippen molar-refractivity contribution >= 4 is 33.8 Å². The number of fused-ring (bicyclic) bond motifs is 3. The van der Waals surface area contributed by atoms with Crippen LogP contribution in [0.15, 0.2) is 59.5 Å². The molecule has 1 fully saturated rings. The average Bonchev–Trinajstić information content (AvgIpc) is 3.23. The standard InChI is InChI=1S/C21H18N6O4/c28-20-16-3-1-2-4-18(16)26-19(23-20)17(13-22-26)21(29)25-11-9-24(10-12-25)14-5-7-15(8-6-14)27(30)31/h1-8,13H,9-12H2,(H,23,28). The number of H-pyrrole nitrogens is 1. The minimum absolute atomic E-state index is 0.0483. The quantitative estimate of drug-likeness (QED) is 0.402. The number of hydrogen-bond donors (Lipinski definition) is 1. The topological polar surface area (TPSA) is 117 Å². The molecule has 1 aliphatic rings. The van der Waals surface area contributed by atoms with E-state index in [1.165, 1.54) is 18.3 Å². The first-order valence-corrected chi connectivity index (χ1v) is 9.80. The second-order valence-corrected chi connectivity index (χ2v) is 7.34. The summed E-state index contributed by atoms with van der Waals surface area (Å²) >= 11 is 0. The van der Waals surface area contributed by atoms with Crippen LogP contribution in [0.3, 0.4) is 0 Å². The molecule has 0 spiro atoms. The molecular formula is C21H18N6O4. The molecule has 10 nitrogen and oxygen atoms in total. The Morgan fingerprint density at radius 2 is 1.74 bits per heavy atom. The smallest absolute Gasteiger partial charge is 0.269 e. The van der Waals surface area contributed by atoms with Crippen molar-refractivity contribution in [3.63, 3.8) is 0 Å². The van der Waals surface area contributed by atoms with Gasteiger partial charge in [0.05, 0.1) is 22.0 Å². The maximum absolute atomic E-state index is 13.1. The van der Waals surface area contributed by atoms with Gasteiger partial charge in [-0.05, 0) is 24.3 Å². The molecule has 0 aliphatic carbocycles. The van der Waals surface area contributed by atoms with Gasteiger partial charge in [0, 0.05) is 44.0 Å². The fourth-order valence-corrected chi connectivity index (χ4v) is 3.96. The van der Waals surface area contributed by atoms with Crippen LogP contribution in [0.1, 0.15) is 10.4 Å². The highest BCUT2D eigenvalue weighted by Crippen LogP contribution is 2.22. The molecule has 0 saturated carbocycles. The predicted octanol–water partition coefficient (Wildman–Crippen LogP) is 2.05. The van der Waals surface area contributed by atoms with Crippen molar-refractivity contribution in [1.29, 1.82) is 0 Å². The number of amides is 1. The SMILES string of the molecule is O=C(c1cnn2c1[nH]c(=O)c1ccccc12)N1CCN(c2ccc([N+](=O)[O-])cc2)CC1. The van der Waals surface area contributed by atoms with Gasteiger partial charge in [-0.15, -0.1) is 0 Å². The minimum atomic E-state index is -0.426. The summed E-state index contributed by atoms with van der Waals surface area (Å²) in [6.45, 7) is 2.18. The number of carbonyl (C=O) groups is 1. The van der Waals surface area contributed by atoms with Crippen molar-refractivity contribution in [3.8, 4) is 0 Å². The molecule has 1 aliphatic heterocycles. The van der Waals surface area contributed by atoms with Gasteiger partial charge in [-0.2, -0.15) is 5.10 Å². The number of aromatic nitrogens is 3. The summed E-state index contributed by atoms with van der Waals surface area (Å²) < 4.78 is 1.58. The molecule has 2 aromatic carbocycles. The van der Waals surface area contributed by atoms with Crippen LogP contribution in [-0.2, 0) is 0 Å². The largest absolute Gasteiger partial charge is 0.368 e. The second kappa shape index (κ2) is 7.24. The summed E-state index contributed by atoms with van der Waals surface area (Å²) in [5, 5.41) is 15.7. The van der Waals surface area contributed by atoms with Crippen molar-refractivity contribution in [2.45, 2.75) is 0 Å². The average molecular weight is 418 g/mol. The van der Waals surface area contributed by atoms with Gasteiger partial charge in [-0.25, -0.2) is 4.52 Å². The molecule has 0 radical (unpaired) electrons. The maximum Gasteiger partial charge on any atom is 0.269 e. The van der Waals surface area contributed by atoms with Crippen LogP contribution in [-0.4, -0.2) is 56.5 Å². The lowest BCUT2D eigenvalue weighted by Gasteiger charge is -2.36. The van der Waals surface area contributed by atoms with E-state index < -0.39 is 4.92 Å². The van der Waals surface area contributed by atoms with Crippen LogP contribution in [0.25, 0.3) is 16.6 Å². The van der Waals surface area contributed by atoms with E-state index in [-0.39, 0.29) is 17.2 Å². The first-order chi connectivity index (χ1) is 15.0. The van der Waals surface area contributed by atoms with Gasteiger partial charge < -0.3 is 14.8 Å². The third kappa shape index (κ3) is 3.18. The summed E-state index contributed by atoms with van der Waals surface area (Å²) in [6, 6.07) is 13.5. The number of carbonyl (C=O) groups excluding carboxylic acids is 1. The van der Waals surface area contributed by atoms with Gasteiger partial charge in [-0.3, -0.25) is 19.7 Å². The molecule has 0 bridgehead atoms. The molecular weight excluding hydrogens is 400 g/mol. The van der Waals surface area contributed by atoms with Crippen molar-refractivity contribution in [2.24, 2.45) is 0 Å². The molecule has 0 unspecified atom stereocenters. The summed E-state index contributed by atoms with van der Waals surface area (Å²) in [5.74, 6) is -0.190. The predicted molar refractivity (Wildman–Crippen MR) is 115 cm³/mol. The summed E-state index contributed by atoms with van der Waals surface area (Å²) in [7, 11) is 0. The van der Waals surface area contributed by atoms with Crippen molar-refractivity contribution < 1.29 is 9.72 Å². The van der Waals surface area contributed by atoms with E-state index in [1.807, 2.05) is 6.07 Å². The summed E-state index contributed by atoms with van der Waals surface area (Å²) in [5.41, 5.74) is 2.04. The fourth-order valence-electron chi connectivity index (χ4n) is 3.96. The fraction of sp³-hybridized carbons (Fsp3) is 0.190. The van der Waals surface area contributed by atoms with Crippen LogP contribution in [0.4, 0.5) is 11.4 Å². The Kier molecular flexibility index (Phi) is 4.39. The number of anilines is 1. The molecule has 1 N–H and O–H groups in total. The van der Waals surface area contributed by atoms with E-state index in [4.69, 9.17) is 0 Å². The number of hydrogen-bond acceptors (Lipinski definition) is 6. The van der Waals surface area contributed by atoms with Crippen LogP contribution in [0, 0.1) is 10.1 Å². The monoisotopic (exact) mass is 418 g/mol. The summed E-state index contributed by atoms with van der Waals surface area (Å²) in [6.07, 6.45) is 1.49. The molecule has 10 heteroatoms. The van der Waals surface area contributed by atoms with Gasteiger partial charge in [0.25, 0.3) is 17.2 Å². The van der Waals surface area contributed by atoms with Crippen LogP contribution < -0.4 is 10.5 Å². The number of benzene rings is 2. The maximum atomic E-state index is 13.1. The number of nitro benzene ring substituents is 1. The van der Waals surface area contributed by atoms with Gasteiger partial charge in [0.15, 0.2) is 0 Å². The highest BCUT2D eigenvalue weighted by molar-refractivity contribution is 6.00. The number of rotatable bonds is 3. The van der Waals surface area contributed by atoms with Crippen LogP contribution in [0.2, 0.25) is 0 Å². The number of nitrogens with zero attached hydrogens (tertiary/aromatic N) is 5. The lowest BCUT2D eigenvalue weighted by molar-refractivity contribution is -0.384. The first kappa shape index (κ1) is 18.8. The summed E-state index contributed by atoms with van der Waals surface area (Å²) in [4.78, 5) is 42.6. The number of para-hydroxylation sites is 1. The molecule has 1 saturated heterocycles. The number of nitrogens with one attached hydrogen (secondary N) is 1. The highest BCUT2D eigenvalue weighted by Gasteiger charge is 2.25. The van der Waals surface area contributed by atoms with Gasteiger partial charge in [0.2, 0.25) is 0 Å². The zero-order valence-corrected chi connectivity index (χ0v) is 16.4. The lowest BCUT2D eigenvalue weighted by atomic mass is 10.2. The van der Waals surface area contributed by atoms with Gasteiger partial charge >= 0.3 is 0 Å². The molecule has 4 aromatic rings. The van der Waals surface area contributed by atoms with E-state index >= 15 is 0 Å². The van der Waals surface area contributed by atoms with Crippen molar-refractivity contribution in [1.82, 2.24) is 19.5 Å². The normalized spacial score (nSPS) is 14.3. The molecule has 3 heterocycles. The van der Waals surface area contributed by atoms with E-state index in [9.17, 15) is 19.7 Å². The van der Waals surface area contributed by atoms with E-state index in [2.05, 4.69) is 15.0 Å². The van der Waals surface area contributed by atoms with Crippen LogP contribution >= 0.6 is 0 Å². The third-order valence-corrected chi connectivity index (χ3v) is 5.60. The zero-order valence-electron chi connectivity index (χ0n) is 16.4. The third-order valence-electron chi connectivity index (χ3n) is 5.60. The molecule has 0 atom stereocenters. The number of piperazine rings is 1. The van der Waals surface area contributed by atoms with Crippen molar-refractivity contribution in [2.75, 3.05) is 31.1 Å².